The maximum absolute atomic E-state index is 12.3. The molecule has 0 aliphatic rings. The number of hydrogen-bond acceptors (Lipinski definition) is 3. The molecule has 1 aromatic rings. The molecule has 0 radical (unpaired) electrons. The molecule has 0 spiro atoms. The van der Waals surface area contributed by atoms with Crippen molar-refractivity contribution in [3.05, 3.63) is 17.5 Å². The number of hydrogen-bond donors (Lipinski definition) is 2. The number of nitrogens with two attached hydrogens (primary N) is 1. The fourth-order valence-electron chi connectivity index (χ4n) is 1.79. The molecule has 1 heterocycles. The largest absolute Gasteiger partial charge is 0.340 e. The molecule has 1 aromatic heterocycles. The quantitative estimate of drug-likeness (QED) is 0.895. The number of aromatic nitrogens is 2. The fraction of sp³-hybridized carbons (Fsp3) is 0.714. The molecule has 3 N–H and O–H groups in total. The molecule has 0 aliphatic heterocycles. The monoisotopic (exact) mass is 302 g/mol. The third-order valence-electron chi connectivity index (χ3n) is 3.17. The summed E-state index contributed by atoms with van der Waals surface area (Å²) in [5.74, 6) is -0.0757. The molecule has 1 rings (SSSR count). The molecule has 0 saturated heterocycles. The van der Waals surface area contributed by atoms with E-state index in [-0.39, 0.29) is 29.1 Å². The third kappa shape index (κ3) is 4.80. The summed E-state index contributed by atoms with van der Waals surface area (Å²) in [6.07, 6.45) is 0. The Morgan fingerprint density at radius 3 is 2.30 bits per heavy atom. The van der Waals surface area contributed by atoms with Crippen molar-refractivity contribution in [1.29, 1.82) is 0 Å². The van der Waals surface area contributed by atoms with E-state index in [9.17, 15) is 4.79 Å². The van der Waals surface area contributed by atoms with Crippen molar-refractivity contribution in [3.63, 3.8) is 0 Å². The van der Waals surface area contributed by atoms with E-state index < -0.39 is 0 Å². The number of carbonyl (C=O) groups excluding carboxylic acids is 1. The first-order valence-corrected chi connectivity index (χ1v) is 6.58. The number of H-pyrrole nitrogens is 1. The molecule has 5 nitrogen and oxygen atoms in total. The first kappa shape index (κ1) is 18.9. The lowest BCUT2D eigenvalue weighted by atomic mass is 9.92. The number of nitrogens with one attached hydrogen (secondary N) is 1. The smallest absolute Gasteiger partial charge is 0.274 e. The molecule has 0 aliphatic carbocycles. The van der Waals surface area contributed by atoms with Crippen molar-refractivity contribution in [3.8, 4) is 0 Å². The molecule has 0 aromatic carbocycles. The SMILES string of the molecule is CN(CC(C)(C)CN)C(=O)c1cc(C(C)(C)C)[nH]n1.Cl. The minimum absolute atomic E-state index is 0. The summed E-state index contributed by atoms with van der Waals surface area (Å²) in [7, 11) is 1.78. The Bertz CT molecular complexity index is 448. The summed E-state index contributed by atoms with van der Waals surface area (Å²) >= 11 is 0. The Morgan fingerprint density at radius 2 is 1.90 bits per heavy atom. The summed E-state index contributed by atoms with van der Waals surface area (Å²) in [4.78, 5) is 14.0. The van der Waals surface area contributed by atoms with Crippen molar-refractivity contribution in [2.75, 3.05) is 20.1 Å². The van der Waals surface area contributed by atoms with Gasteiger partial charge in [-0.15, -0.1) is 12.4 Å². The molecule has 0 bridgehead atoms. The predicted molar refractivity (Wildman–Crippen MR) is 84.3 cm³/mol. The zero-order valence-electron chi connectivity index (χ0n) is 13.3. The van der Waals surface area contributed by atoms with Crippen LogP contribution in [0, 0.1) is 5.41 Å². The molecule has 6 heteroatoms. The average Bonchev–Trinajstić information content (AvgIpc) is 2.76. The zero-order chi connectivity index (χ0) is 14.8. The molecular weight excluding hydrogens is 276 g/mol. The highest BCUT2D eigenvalue weighted by Crippen LogP contribution is 2.21. The van der Waals surface area contributed by atoms with Gasteiger partial charge >= 0.3 is 0 Å². The normalized spacial score (nSPS) is 11.9. The van der Waals surface area contributed by atoms with Gasteiger partial charge in [-0.05, 0) is 18.0 Å². The fourth-order valence-corrected chi connectivity index (χ4v) is 1.79. The van der Waals surface area contributed by atoms with Gasteiger partial charge in [-0.25, -0.2) is 0 Å². The van der Waals surface area contributed by atoms with Gasteiger partial charge < -0.3 is 10.6 Å². The van der Waals surface area contributed by atoms with Gasteiger partial charge in [0.25, 0.3) is 5.91 Å². The van der Waals surface area contributed by atoms with E-state index in [0.717, 1.165) is 5.69 Å². The van der Waals surface area contributed by atoms with E-state index in [2.05, 4.69) is 31.0 Å². The minimum Gasteiger partial charge on any atom is -0.340 e. The maximum atomic E-state index is 12.3. The van der Waals surface area contributed by atoms with Gasteiger partial charge in [0.1, 0.15) is 5.69 Å². The minimum atomic E-state index is -0.0897. The topological polar surface area (TPSA) is 75.0 Å². The predicted octanol–water partition coefficient (Wildman–Crippen LogP) is 2.19. The molecular formula is C14H27ClN4O. The summed E-state index contributed by atoms with van der Waals surface area (Å²) in [5.41, 5.74) is 6.98. The van der Waals surface area contributed by atoms with E-state index in [1.165, 1.54) is 0 Å². The van der Waals surface area contributed by atoms with Crippen LogP contribution >= 0.6 is 12.4 Å². The van der Waals surface area contributed by atoms with Gasteiger partial charge in [-0.2, -0.15) is 5.10 Å². The Labute approximate surface area is 127 Å². The van der Waals surface area contributed by atoms with Crippen molar-refractivity contribution in [2.45, 2.75) is 40.0 Å². The van der Waals surface area contributed by atoms with Gasteiger partial charge in [0.2, 0.25) is 0 Å². The van der Waals surface area contributed by atoms with E-state index in [0.29, 0.717) is 18.8 Å². The van der Waals surface area contributed by atoms with Crippen molar-refractivity contribution < 1.29 is 4.79 Å². The zero-order valence-corrected chi connectivity index (χ0v) is 14.1. The maximum Gasteiger partial charge on any atom is 0.274 e. The molecule has 20 heavy (non-hydrogen) atoms. The van der Waals surface area contributed by atoms with Crippen molar-refractivity contribution in [2.24, 2.45) is 11.1 Å². The first-order chi connectivity index (χ1) is 8.57. The molecule has 0 fully saturated rings. The second kappa shape index (κ2) is 6.59. The van der Waals surface area contributed by atoms with Crippen LogP contribution in [0.25, 0.3) is 0 Å². The third-order valence-corrected chi connectivity index (χ3v) is 3.17. The molecule has 0 atom stereocenters. The van der Waals surface area contributed by atoms with Crippen LogP contribution in [0.2, 0.25) is 0 Å². The van der Waals surface area contributed by atoms with Gasteiger partial charge in [0.15, 0.2) is 0 Å². The van der Waals surface area contributed by atoms with Crippen molar-refractivity contribution >= 4 is 18.3 Å². The van der Waals surface area contributed by atoms with Gasteiger partial charge in [0, 0.05) is 24.7 Å². The Morgan fingerprint density at radius 1 is 1.35 bits per heavy atom. The highest BCUT2D eigenvalue weighted by atomic mass is 35.5. The standard InChI is InChI=1S/C14H26N4O.ClH/c1-13(2,3)11-7-10(16-17-11)12(19)18(6)9-14(4,5)8-15;/h7H,8-9,15H2,1-6H3,(H,16,17);1H. The van der Waals surface area contributed by atoms with E-state index in [1.807, 2.05) is 19.9 Å². The number of nitrogens with zero attached hydrogens (tertiary/aromatic N) is 2. The lowest BCUT2D eigenvalue weighted by Gasteiger charge is -2.28. The van der Waals surface area contributed by atoms with Crippen LogP contribution in [0.5, 0.6) is 0 Å². The molecule has 1 amide bonds. The number of rotatable bonds is 4. The van der Waals surface area contributed by atoms with Gasteiger partial charge in [-0.1, -0.05) is 34.6 Å². The Balaban J connectivity index is 0.00000361. The molecule has 116 valence electrons. The van der Waals surface area contributed by atoms with Crippen LogP contribution < -0.4 is 5.73 Å². The van der Waals surface area contributed by atoms with Crippen LogP contribution in [0.15, 0.2) is 6.07 Å². The van der Waals surface area contributed by atoms with Crippen LogP contribution in [-0.2, 0) is 5.41 Å². The molecule has 0 saturated carbocycles. The van der Waals surface area contributed by atoms with Gasteiger partial charge in [-0.3, -0.25) is 9.89 Å². The second-order valence-electron chi connectivity index (χ2n) is 6.95. The van der Waals surface area contributed by atoms with E-state index in [1.54, 1.807) is 11.9 Å². The van der Waals surface area contributed by atoms with Crippen LogP contribution in [0.1, 0.15) is 50.8 Å². The van der Waals surface area contributed by atoms with Crippen LogP contribution in [-0.4, -0.2) is 41.1 Å². The number of halogens is 1. The number of aromatic amines is 1. The number of amides is 1. The summed E-state index contributed by atoms with van der Waals surface area (Å²) in [6, 6.07) is 1.83. The van der Waals surface area contributed by atoms with Crippen LogP contribution in [0.3, 0.4) is 0 Å². The van der Waals surface area contributed by atoms with Crippen molar-refractivity contribution in [1.82, 2.24) is 15.1 Å². The Hall–Kier alpha value is -1.07. The van der Waals surface area contributed by atoms with Gasteiger partial charge in [0.05, 0.1) is 0 Å². The average molecular weight is 303 g/mol. The van der Waals surface area contributed by atoms with E-state index in [4.69, 9.17) is 5.73 Å². The lowest BCUT2D eigenvalue weighted by Crippen LogP contribution is -2.39. The van der Waals surface area contributed by atoms with E-state index >= 15 is 0 Å². The Kier molecular flexibility index (Phi) is 6.24. The lowest BCUT2D eigenvalue weighted by molar-refractivity contribution is 0.0734. The molecule has 0 unspecified atom stereocenters. The second-order valence-corrected chi connectivity index (χ2v) is 6.95. The summed E-state index contributed by atoms with van der Waals surface area (Å²) in [5, 5.41) is 7.05. The summed E-state index contributed by atoms with van der Waals surface area (Å²) < 4.78 is 0. The highest BCUT2D eigenvalue weighted by molar-refractivity contribution is 5.92. The summed E-state index contributed by atoms with van der Waals surface area (Å²) in [6.45, 7) is 11.5. The highest BCUT2D eigenvalue weighted by Gasteiger charge is 2.25. The first-order valence-electron chi connectivity index (χ1n) is 6.58. The van der Waals surface area contributed by atoms with Crippen LogP contribution in [0.4, 0.5) is 0 Å². The number of carbonyl (C=O) groups is 1.